The molecule has 0 N–H and O–H groups in total. The summed E-state index contributed by atoms with van der Waals surface area (Å²) in [5.41, 5.74) is 9.83. The molecule has 6 heteroatoms. The van der Waals surface area contributed by atoms with Crippen LogP contribution in [0.1, 0.15) is 27.7 Å². The van der Waals surface area contributed by atoms with Crippen molar-refractivity contribution in [2.45, 2.75) is 38.9 Å². The zero-order valence-electron chi connectivity index (χ0n) is 29.2. The first-order chi connectivity index (χ1) is 24.7. The first kappa shape index (κ1) is 32.5. The summed E-state index contributed by atoms with van der Waals surface area (Å²) in [4.78, 5) is 14.8. The van der Waals surface area contributed by atoms with Crippen LogP contribution >= 0.6 is 0 Å². The van der Waals surface area contributed by atoms with Crippen molar-refractivity contribution in [2.24, 2.45) is 0 Å². The molecule has 1 saturated heterocycles. The summed E-state index contributed by atoms with van der Waals surface area (Å²) in [6.07, 6.45) is 0. The van der Waals surface area contributed by atoms with Gasteiger partial charge in [-0.3, -0.25) is 0 Å². The molecule has 0 spiro atoms. The van der Waals surface area contributed by atoms with E-state index in [4.69, 9.17) is 24.3 Å². The first-order valence-corrected chi connectivity index (χ1v) is 17.4. The van der Waals surface area contributed by atoms with Gasteiger partial charge in [-0.25, -0.2) is 15.0 Å². The van der Waals surface area contributed by atoms with Gasteiger partial charge in [0, 0.05) is 16.7 Å². The average Bonchev–Trinajstić information content (AvgIpc) is 3.41. The Kier molecular flexibility index (Phi) is 8.43. The summed E-state index contributed by atoms with van der Waals surface area (Å²) < 4.78 is 12.7. The molecule has 6 aromatic carbocycles. The molecular weight excluding hydrogens is 625 g/mol. The van der Waals surface area contributed by atoms with Gasteiger partial charge in [0.1, 0.15) is 0 Å². The van der Waals surface area contributed by atoms with E-state index in [1.165, 1.54) is 5.56 Å². The summed E-state index contributed by atoms with van der Waals surface area (Å²) in [6, 6.07) is 54.3. The molecule has 0 radical (unpaired) electrons. The van der Waals surface area contributed by atoms with Crippen LogP contribution in [-0.2, 0) is 9.31 Å². The van der Waals surface area contributed by atoms with Crippen LogP contribution in [0.25, 0.3) is 67.5 Å². The molecule has 51 heavy (non-hydrogen) atoms. The third kappa shape index (κ3) is 6.64. The molecule has 0 atom stereocenters. The van der Waals surface area contributed by atoms with Crippen molar-refractivity contribution < 1.29 is 9.31 Å². The van der Waals surface area contributed by atoms with E-state index in [0.717, 1.165) is 50.0 Å². The molecule has 2 heterocycles. The van der Waals surface area contributed by atoms with Gasteiger partial charge in [0.2, 0.25) is 0 Å². The Balaban J connectivity index is 1.09. The van der Waals surface area contributed by atoms with E-state index in [-0.39, 0.29) is 11.2 Å². The van der Waals surface area contributed by atoms with Crippen molar-refractivity contribution in [3.63, 3.8) is 0 Å². The van der Waals surface area contributed by atoms with Crippen LogP contribution in [0.5, 0.6) is 0 Å². The lowest BCUT2D eigenvalue weighted by molar-refractivity contribution is 0.00578. The van der Waals surface area contributed by atoms with Crippen LogP contribution in [0.15, 0.2) is 158 Å². The fraction of sp³-hybridized carbons (Fsp3) is 0.133. The Morgan fingerprint density at radius 3 is 1.20 bits per heavy atom. The third-order valence-corrected chi connectivity index (χ3v) is 10.0. The van der Waals surface area contributed by atoms with Gasteiger partial charge in [-0.1, -0.05) is 152 Å². The van der Waals surface area contributed by atoms with Crippen molar-refractivity contribution in [2.75, 3.05) is 0 Å². The summed E-state index contributed by atoms with van der Waals surface area (Å²) in [5, 5.41) is 0. The van der Waals surface area contributed by atoms with Gasteiger partial charge >= 0.3 is 7.12 Å². The Bertz CT molecular complexity index is 2290. The molecule has 7 aromatic rings. The van der Waals surface area contributed by atoms with Crippen molar-refractivity contribution in [3.05, 3.63) is 158 Å². The van der Waals surface area contributed by atoms with Crippen molar-refractivity contribution in [1.29, 1.82) is 0 Å². The van der Waals surface area contributed by atoms with Gasteiger partial charge in [0.05, 0.1) is 11.2 Å². The second-order valence-electron chi connectivity index (χ2n) is 14.0. The van der Waals surface area contributed by atoms with E-state index < -0.39 is 7.12 Å². The molecule has 0 saturated carbocycles. The predicted octanol–water partition coefficient (Wildman–Crippen LogP) is 10.2. The minimum Gasteiger partial charge on any atom is -0.399 e. The molecule has 0 amide bonds. The van der Waals surface area contributed by atoms with E-state index in [1.54, 1.807) is 0 Å². The highest BCUT2D eigenvalue weighted by Gasteiger charge is 2.51. The van der Waals surface area contributed by atoms with Crippen LogP contribution in [-0.4, -0.2) is 33.3 Å². The van der Waals surface area contributed by atoms with Crippen LogP contribution in [0.3, 0.4) is 0 Å². The number of hydrogen-bond donors (Lipinski definition) is 0. The Morgan fingerprint density at radius 1 is 0.353 bits per heavy atom. The fourth-order valence-electron chi connectivity index (χ4n) is 6.33. The van der Waals surface area contributed by atoms with Crippen LogP contribution < -0.4 is 5.46 Å². The highest BCUT2D eigenvalue weighted by molar-refractivity contribution is 6.62. The number of rotatable bonds is 7. The van der Waals surface area contributed by atoms with E-state index in [9.17, 15) is 0 Å². The predicted molar refractivity (Wildman–Crippen MR) is 208 cm³/mol. The molecule has 8 rings (SSSR count). The summed E-state index contributed by atoms with van der Waals surface area (Å²) in [6.45, 7) is 8.33. The molecule has 1 aromatic heterocycles. The number of nitrogens with zero attached hydrogens (tertiary/aromatic N) is 3. The zero-order valence-corrected chi connectivity index (χ0v) is 29.2. The van der Waals surface area contributed by atoms with E-state index in [0.29, 0.717) is 17.5 Å². The second kappa shape index (κ2) is 13.2. The average molecular weight is 664 g/mol. The lowest BCUT2D eigenvalue weighted by Crippen LogP contribution is -2.41. The van der Waals surface area contributed by atoms with Gasteiger partial charge in [0.15, 0.2) is 17.5 Å². The molecule has 0 unspecified atom stereocenters. The van der Waals surface area contributed by atoms with Crippen molar-refractivity contribution in [1.82, 2.24) is 15.0 Å². The van der Waals surface area contributed by atoms with Crippen LogP contribution in [0.4, 0.5) is 0 Å². The standard InChI is InChI=1S/C45H38BN3O2/c1-44(2)45(3,4)51-46(50-44)40-20-12-19-39(30-40)38-18-11-17-37(29-38)33-23-27-36(28-24-33)43-48-41(34-15-9-6-10-16-34)47-42(49-43)35-25-21-32(22-26-35)31-13-7-5-8-14-31/h5-30H,1-4H3. The summed E-state index contributed by atoms with van der Waals surface area (Å²) in [7, 11) is -0.405. The van der Waals surface area contributed by atoms with Gasteiger partial charge in [0.25, 0.3) is 0 Å². The van der Waals surface area contributed by atoms with Gasteiger partial charge in [-0.2, -0.15) is 0 Å². The Morgan fingerprint density at radius 2 is 0.686 bits per heavy atom. The molecule has 0 aliphatic carbocycles. The molecule has 0 bridgehead atoms. The Hall–Kier alpha value is -5.69. The molecule has 248 valence electrons. The van der Waals surface area contributed by atoms with E-state index >= 15 is 0 Å². The topological polar surface area (TPSA) is 57.1 Å². The molecular formula is C45H38BN3O2. The quantitative estimate of drug-likeness (QED) is 0.159. The van der Waals surface area contributed by atoms with E-state index in [2.05, 4.69) is 149 Å². The largest absolute Gasteiger partial charge is 0.494 e. The molecule has 5 nitrogen and oxygen atoms in total. The number of benzene rings is 6. The zero-order chi connectivity index (χ0) is 35.0. The smallest absolute Gasteiger partial charge is 0.399 e. The maximum absolute atomic E-state index is 6.33. The fourth-order valence-corrected chi connectivity index (χ4v) is 6.33. The molecule has 1 aliphatic rings. The molecule has 1 fully saturated rings. The van der Waals surface area contributed by atoms with E-state index in [1.807, 2.05) is 36.4 Å². The molecule has 1 aliphatic heterocycles. The minimum atomic E-state index is -0.405. The summed E-state index contributed by atoms with van der Waals surface area (Å²) >= 11 is 0. The number of hydrogen-bond acceptors (Lipinski definition) is 5. The second-order valence-corrected chi connectivity index (χ2v) is 14.0. The lowest BCUT2D eigenvalue weighted by Gasteiger charge is -2.32. The third-order valence-electron chi connectivity index (χ3n) is 10.0. The van der Waals surface area contributed by atoms with Crippen molar-refractivity contribution >= 4 is 12.6 Å². The monoisotopic (exact) mass is 663 g/mol. The highest BCUT2D eigenvalue weighted by atomic mass is 16.7. The number of aromatic nitrogens is 3. The normalized spacial score (nSPS) is 14.8. The SMILES string of the molecule is CC1(C)OB(c2cccc(-c3cccc(-c4ccc(-c5nc(-c6ccccc6)nc(-c6ccc(-c7ccccc7)cc6)n5)cc4)c3)c2)OC1(C)C. The maximum Gasteiger partial charge on any atom is 0.494 e. The lowest BCUT2D eigenvalue weighted by atomic mass is 9.78. The van der Waals surface area contributed by atoms with Gasteiger partial charge < -0.3 is 9.31 Å². The Labute approximate surface area is 300 Å². The van der Waals surface area contributed by atoms with Crippen LogP contribution in [0, 0.1) is 0 Å². The van der Waals surface area contributed by atoms with Gasteiger partial charge in [-0.05, 0) is 72.6 Å². The first-order valence-electron chi connectivity index (χ1n) is 17.4. The minimum absolute atomic E-state index is 0.389. The van der Waals surface area contributed by atoms with Gasteiger partial charge in [-0.15, -0.1) is 0 Å². The van der Waals surface area contributed by atoms with Crippen molar-refractivity contribution in [3.8, 4) is 67.5 Å². The summed E-state index contributed by atoms with van der Waals surface area (Å²) in [5.74, 6) is 1.91. The highest BCUT2D eigenvalue weighted by Crippen LogP contribution is 2.37. The maximum atomic E-state index is 6.33. The van der Waals surface area contributed by atoms with Crippen LogP contribution in [0.2, 0.25) is 0 Å².